The SMILES string of the molecule is N#Cc1cc(Cl)c(Nc2nc3cnc(N[C@@H]4CCCN(Cc5ccccc5)C4)nc3n2C2CCC(C(N)=O)CC2)c(Cl)c1. The summed E-state index contributed by atoms with van der Waals surface area (Å²) in [5.41, 5.74) is 9.05. The van der Waals surface area contributed by atoms with Gasteiger partial charge in [-0.05, 0) is 62.8 Å². The van der Waals surface area contributed by atoms with E-state index >= 15 is 0 Å². The van der Waals surface area contributed by atoms with Crippen LogP contribution in [-0.2, 0) is 11.3 Å². The number of hydrogen-bond donors (Lipinski definition) is 3. The van der Waals surface area contributed by atoms with E-state index in [1.54, 1.807) is 18.3 Å². The summed E-state index contributed by atoms with van der Waals surface area (Å²) in [6.45, 7) is 2.87. The molecule has 222 valence electrons. The van der Waals surface area contributed by atoms with Crippen LogP contribution in [0.4, 0.5) is 17.6 Å². The maximum atomic E-state index is 11.9. The van der Waals surface area contributed by atoms with Gasteiger partial charge in [0.15, 0.2) is 5.65 Å². The molecular formula is C31H33Cl2N9O. The zero-order valence-electron chi connectivity index (χ0n) is 23.6. The van der Waals surface area contributed by atoms with Gasteiger partial charge >= 0.3 is 0 Å². The zero-order chi connectivity index (χ0) is 29.9. The highest BCUT2D eigenvalue weighted by atomic mass is 35.5. The summed E-state index contributed by atoms with van der Waals surface area (Å²) in [5.74, 6) is 0.670. The number of aromatic nitrogens is 4. The topological polar surface area (TPSA) is 138 Å². The van der Waals surface area contributed by atoms with Gasteiger partial charge in [-0.3, -0.25) is 14.3 Å². The van der Waals surface area contributed by atoms with Gasteiger partial charge in [0.2, 0.25) is 17.8 Å². The van der Waals surface area contributed by atoms with Crippen LogP contribution in [0, 0.1) is 17.2 Å². The molecule has 1 aliphatic carbocycles. The molecule has 0 bridgehead atoms. The van der Waals surface area contributed by atoms with Crippen molar-refractivity contribution in [2.75, 3.05) is 23.7 Å². The quantitative estimate of drug-likeness (QED) is 0.217. The molecular weight excluding hydrogens is 585 g/mol. The summed E-state index contributed by atoms with van der Waals surface area (Å²) in [4.78, 5) is 28.7. The lowest BCUT2D eigenvalue weighted by atomic mass is 9.85. The third-order valence-electron chi connectivity index (χ3n) is 8.39. The van der Waals surface area contributed by atoms with Gasteiger partial charge in [-0.1, -0.05) is 53.5 Å². The summed E-state index contributed by atoms with van der Waals surface area (Å²) in [5, 5.41) is 16.8. The molecule has 2 fully saturated rings. The van der Waals surface area contributed by atoms with Crippen molar-refractivity contribution < 1.29 is 4.79 Å². The van der Waals surface area contributed by atoms with E-state index in [0.29, 0.717) is 57.2 Å². The second-order valence-corrected chi connectivity index (χ2v) is 12.2. The number of likely N-dealkylation sites (tertiary alicyclic amines) is 1. The zero-order valence-corrected chi connectivity index (χ0v) is 25.2. The average Bonchev–Trinajstić information content (AvgIpc) is 3.36. The van der Waals surface area contributed by atoms with Gasteiger partial charge in [0.1, 0.15) is 5.52 Å². The van der Waals surface area contributed by atoms with E-state index in [4.69, 9.17) is 38.9 Å². The molecule has 1 amide bonds. The van der Waals surface area contributed by atoms with Crippen LogP contribution >= 0.6 is 23.2 Å². The number of fused-ring (bicyclic) bond motifs is 1. The molecule has 0 spiro atoms. The molecule has 2 aromatic carbocycles. The number of nitrogens with zero attached hydrogens (tertiary/aromatic N) is 6. The standard InChI is InChI=1S/C31H33Cl2N9O/c32-24-13-20(15-34)14-25(33)27(24)39-31-38-26-16-36-30(40-29(26)42(31)23-10-8-21(9-11-23)28(35)43)37-22-7-4-12-41(18-22)17-19-5-2-1-3-6-19/h1-3,5-6,13-14,16,21-23H,4,7-12,17-18H2,(H2,35,43)(H,38,39)(H,36,37,40)/t21?,22-,23?/m1/s1. The van der Waals surface area contributed by atoms with Crippen molar-refractivity contribution in [1.82, 2.24) is 24.4 Å². The Labute approximate surface area is 260 Å². The van der Waals surface area contributed by atoms with Crippen LogP contribution < -0.4 is 16.4 Å². The number of halogens is 2. The minimum absolute atomic E-state index is 0.0258. The number of anilines is 3. The fourth-order valence-electron chi connectivity index (χ4n) is 6.22. The number of primary amides is 1. The highest BCUT2D eigenvalue weighted by Gasteiger charge is 2.30. The fraction of sp³-hybridized carbons (Fsp3) is 0.387. The number of amides is 1. The predicted molar refractivity (Wildman–Crippen MR) is 168 cm³/mol. The molecule has 0 unspecified atom stereocenters. The van der Waals surface area contributed by atoms with Gasteiger partial charge in [-0.15, -0.1) is 0 Å². The fourth-order valence-corrected chi connectivity index (χ4v) is 6.80. The van der Waals surface area contributed by atoms with Crippen molar-refractivity contribution in [1.29, 1.82) is 5.26 Å². The van der Waals surface area contributed by atoms with Crippen LogP contribution in [-0.4, -0.2) is 49.5 Å². The maximum Gasteiger partial charge on any atom is 0.225 e. The molecule has 6 rings (SSSR count). The Kier molecular flexibility index (Phi) is 8.66. The lowest BCUT2D eigenvalue weighted by Crippen LogP contribution is -2.41. The van der Waals surface area contributed by atoms with Crippen molar-refractivity contribution in [2.45, 2.75) is 57.2 Å². The van der Waals surface area contributed by atoms with Crippen molar-refractivity contribution in [3.63, 3.8) is 0 Å². The first-order valence-corrected chi connectivity index (χ1v) is 15.4. The number of piperidine rings is 1. The molecule has 43 heavy (non-hydrogen) atoms. The van der Waals surface area contributed by atoms with E-state index < -0.39 is 0 Å². The Bertz CT molecular complexity index is 1640. The first-order chi connectivity index (χ1) is 20.9. The molecule has 1 atom stereocenters. The van der Waals surface area contributed by atoms with Gasteiger partial charge in [0.25, 0.3) is 0 Å². The number of carbonyl (C=O) groups excluding carboxylic acids is 1. The summed E-state index contributed by atoms with van der Waals surface area (Å²) in [6.07, 6.45) is 6.71. The van der Waals surface area contributed by atoms with E-state index in [-0.39, 0.29) is 23.9 Å². The second-order valence-electron chi connectivity index (χ2n) is 11.4. The lowest BCUT2D eigenvalue weighted by molar-refractivity contribution is -0.122. The third-order valence-corrected chi connectivity index (χ3v) is 8.99. The van der Waals surface area contributed by atoms with Gasteiger partial charge in [0, 0.05) is 31.1 Å². The summed E-state index contributed by atoms with van der Waals surface area (Å²) >= 11 is 13.0. The summed E-state index contributed by atoms with van der Waals surface area (Å²) in [7, 11) is 0. The molecule has 10 nitrogen and oxygen atoms in total. The van der Waals surface area contributed by atoms with Gasteiger partial charge in [-0.2, -0.15) is 10.2 Å². The first-order valence-electron chi connectivity index (χ1n) is 14.6. The number of hydrogen-bond acceptors (Lipinski definition) is 8. The minimum Gasteiger partial charge on any atom is -0.369 e. The van der Waals surface area contributed by atoms with Crippen LogP contribution in [0.3, 0.4) is 0 Å². The molecule has 0 radical (unpaired) electrons. The molecule has 4 N–H and O–H groups in total. The number of imidazole rings is 1. The monoisotopic (exact) mass is 617 g/mol. The van der Waals surface area contributed by atoms with E-state index in [2.05, 4.69) is 55.4 Å². The second kappa shape index (κ2) is 12.8. The van der Waals surface area contributed by atoms with E-state index in [9.17, 15) is 10.1 Å². The Morgan fingerprint density at radius 1 is 1.07 bits per heavy atom. The van der Waals surface area contributed by atoms with Crippen LogP contribution in [0.1, 0.15) is 55.7 Å². The van der Waals surface area contributed by atoms with Crippen molar-refractivity contribution in [2.24, 2.45) is 11.7 Å². The molecule has 12 heteroatoms. The molecule has 1 saturated heterocycles. The van der Waals surface area contributed by atoms with Gasteiger partial charge in [0.05, 0.1) is 33.6 Å². The van der Waals surface area contributed by atoms with Crippen molar-refractivity contribution in [3.05, 3.63) is 69.8 Å². The van der Waals surface area contributed by atoms with Crippen LogP contribution in [0.15, 0.2) is 48.7 Å². The van der Waals surface area contributed by atoms with E-state index in [0.717, 1.165) is 45.3 Å². The highest BCUT2D eigenvalue weighted by molar-refractivity contribution is 6.39. The van der Waals surface area contributed by atoms with E-state index in [1.807, 2.05) is 6.07 Å². The van der Waals surface area contributed by atoms with Crippen molar-refractivity contribution >= 4 is 57.9 Å². The van der Waals surface area contributed by atoms with Crippen LogP contribution in [0.25, 0.3) is 11.2 Å². The molecule has 2 aromatic heterocycles. The van der Waals surface area contributed by atoms with Gasteiger partial charge in [-0.25, -0.2) is 9.97 Å². The van der Waals surface area contributed by atoms with Crippen LogP contribution in [0.5, 0.6) is 0 Å². The number of nitrogens with two attached hydrogens (primary N) is 1. The largest absolute Gasteiger partial charge is 0.369 e. The summed E-state index contributed by atoms with van der Waals surface area (Å²) < 4.78 is 2.06. The Morgan fingerprint density at radius 2 is 1.81 bits per heavy atom. The molecule has 1 aliphatic heterocycles. The molecule has 1 saturated carbocycles. The highest BCUT2D eigenvalue weighted by Crippen LogP contribution is 2.39. The normalized spacial score (nSPS) is 20.9. The average molecular weight is 619 g/mol. The number of rotatable bonds is 8. The smallest absolute Gasteiger partial charge is 0.225 e. The molecule has 3 heterocycles. The van der Waals surface area contributed by atoms with Gasteiger partial charge < -0.3 is 16.4 Å². The molecule has 4 aromatic rings. The Hall–Kier alpha value is -3.91. The first kappa shape index (κ1) is 29.2. The Balaban J connectivity index is 1.29. The number of nitrogens with one attached hydrogen (secondary N) is 2. The predicted octanol–water partition coefficient (Wildman–Crippen LogP) is 6.04. The molecule has 2 aliphatic rings. The lowest BCUT2D eigenvalue weighted by Gasteiger charge is -2.33. The maximum absolute atomic E-state index is 11.9. The van der Waals surface area contributed by atoms with Crippen LogP contribution in [0.2, 0.25) is 10.0 Å². The van der Waals surface area contributed by atoms with Crippen molar-refractivity contribution in [3.8, 4) is 6.07 Å². The Morgan fingerprint density at radius 3 is 2.51 bits per heavy atom. The summed E-state index contributed by atoms with van der Waals surface area (Å²) in [6, 6.07) is 16.0. The number of nitriles is 1. The minimum atomic E-state index is -0.258. The van der Waals surface area contributed by atoms with E-state index in [1.165, 1.54) is 5.56 Å². The third kappa shape index (κ3) is 6.54. The number of benzene rings is 2. The number of carbonyl (C=O) groups is 1.